The van der Waals surface area contributed by atoms with Gasteiger partial charge in [0, 0.05) is 24.2 Å². The van der Waals surface area contributed by atoms with Gasteiger partial charge in [0.1, 0.15) is 40.4 Å². The van der Waals surface area contributed by atoms with Gasteiger partial charge in [-0.05, 0) is 73.2 Å². The number of aromatic hydroxyl groups is 1. The number of ketones is 2. The third-order valence-electron chi connectivity index (χ3n) is 9.95. The van der Waals surface area contributed by atoms with Crippen LogP contribution in [0.25, 0.3) is 11.4 Å². The smallest absolute Gasteiger partial charge is 0.339 e. The quantitative estimate of drug-likeness (QED) is 0.122. The van der Waals surface area contributed by atoms with E-state index in [1.165, 1.54) is 42.5 Å². The normalized spacial score (nSPS) is 16.2. The van der Waals surface area contributed by atoms with E-state index in [1.807, 2.05) is 0 Å². The van der Waals surface area contributed by atoms with Gasteiger partial charge in [-0.3, -0.25) is 28.3 Å². The molecule has 0 saturated heterocycles. The van der Waals surface area contributed by atoms with E-state index in [0.717, 1.165) is 14.7 Å². The van der Waals surface area contributed by atoms with Gasteiger partial charge in [0.05, 0.1) is 26.4 Å². The van der Waals surface area contributed by atoms with Gasteiger partial charge in [-0.2, -0.15) is 8.42 Å². The fourth-order valence-electron chi connectivity index (χ4n) is 6.64. The molecule has 0 radical (unpaired) electrons. The number of ether oxygens (including phenoxy) is 2. The molecular formula is C44H42F2N4O12S. The Hall–Kier alpha value is -6.51. The Bertz CT molecular complexity index is 2860. The summed E-state index contributed by atoms with van der Waals surface area (Å²) in [5.74, 6) is -3.89. The number of halogens is 2. The van der Waals surface area contributed by atoms with Gasteiger partial charge in [-0.15, -0.1) is 0 Å². The number of fused-ring (bicyclic) bond motifs is 2. The molecule has 63 heavy (non-hydrogen) atoms. The maximum absolute atomic E-state index is 13.6. The molecule has 4 heterocycles. The number of aromatic nitrogens is 4. The molecule has 2 aliphatic rings. The summed E-state index contributed by atoms with van der Waals surface area (Å²) in [4.78, 5) is 59.6. The van der Waals surface area contributed by atoms with E-state index in [2.05, 4.69) is 23.1 Å². The summed E-state index contributed by atoms with van der Waals surface area (Å²) < 4.78 is 70.3. The second-order valence-corrected chi connectivity index (χ2v) is 16.2. The Labute approximate surface area is 359 Å². The van der Waals surface area contributed by atoms with Crippen molar-refractivity contribution in [3.8, 4) is 11.5 Å². The zero-order valence-electron chi connectivity index (χ0n) is 34.0. The van der Waals surface area contributed by atoms with Gasteiger partial charge < -0.3 is 29.0 Å². The van der Waals surface area contributed by atoms with Crippen LogP contribution in [0, 0.1) is 25.5 Å². The molecule has 0 amide bonds. The van der Waals surface area contributed by atoms with Crippen molar-refractivity contribution >= 4 is 33.1 Å². The fourth-order valence-corrected chi connectivity index (χ4v) is 7.60. The summed E-state index contributed by atoms with van der Waals surface area (Å²) in [6, 6.07) is 16.0. The number of aliphatic hydroxyl groups excluding tert-OH is 2. The van der Waals surface area contributed by atoms with Crippen molar-refractivity contribution in [1.29, 1.82) is 0 Å². The average Bonchev–Trinajstić information content (AvgIpc) is 3.49. The Kier molecular flexibility index (Phi) is 14.1. The van der Waals surface area contributed by atoms with Gasteiger partial charge in [0.2, 0.25) is 11.5 Å². The van der Waals surface area contributed by atoms with Crippen LogP contribution < -0.4 is 15.3 Å². The Morgan fingerprint density at radius 1 is 0.762 bits per heavy atom. The Morgan fingerprint density at radius 3 is 1.71 bits per heavy atom. The van der Waals surface area contributed by atoms with Crippen LogP contribution in [0.2, 0.25) is 0 Å². The van der Waals surface area contributed by atoms with Crippen LogP contribution in [0.15, 0.2) is 94.4 Å². The molecule has 2 atom stereocenters. The van der Waals surface area contributed by atoms with E-state index < -0.39 is 67.9 Å². The first-order valence-corrected chi connectivity index (χ1v) is 20.8. The number of benzene rings is 3. The molecule has 0 aliphatic carbocycles. The molecule has 5 aromatic rings. The zero-order valence-corrected chi connectivity index (χ0v) is 34.9. The molecule has 0 bridgehead atoms. The van der Waals surface area contributed by atoms with Crippen molar-refractivity contribution < 1.29 is 55.8 Å². The molecule has 2 aromatic heterocycles. The molecule has 0 saturated carbocycles. The van der Waals surface area contributed by atoms with Crippen LogP contribution >= 0.6 is 0 Å². The lowest BCUT2D eigenvalue weighted by atomic mass is 10.0. The van der Waals surface area contributed by atoms with Crippen LogP contribution in [-0.2, 0) is 32.4 Å². The van der Waals surface area contributed by atoms with Gasteiger partial charge in [0.15, 0.2) is 23.0 Å². The van der Waals surface area contributed by atoms with Gasteiger partial charge in [-0.1, -0.05) is 55.6 Å². The van der Waals surface area contributed by atoms with Crippen LogP contribution in [-0.4, -0.2) is 80.8 Å². The number of nitrogens with zero attached hydrogens (tertiary/aromatic N) is 4. The number of rotatable bonds is 11. The van der Waals surface area contributed by atoms with Crippen LogP contribution in [0.5, 0.6) is 11.5 Å². The predicted octanol–water partition coefficient (Wildman–Crippen LogP) is 4.55. The van der Waals surface area contributed by atoms with Crippen molar-refractivity contribution in [2.24, 2.45) is 0 Å². The monoisotopic (exact) mass is 888 g/mol. The molecule has 2 aliphatic heterocycles. The number of aliphatic hydroxyl groups is 2. The van der Waals surface area contributed by atoms with Crippen LogP contribution in [0.4, 0.5) is 8.78 Å². The number of carbonyl (C=O) groups excluding carboxylic acids is 2. The predicted molar refractivity (Wildman–Crippen MR) is 223 cm³/mol. The molecule has 3 N–H and O–H groups in total. The largest absolute Gasteiger partial charge is 0.501 e. The minimum absolute atomic E-state index is 0.0116. The minimum atomic E-state index is -4.51. The second-order valence-electron chi connectivity index (χ2n) is 14.7. The highest BCUT2D eigenvalue weighted by Crippen LogP contribution is 2.27. The summed E-state index contributed by atoms with van der Waals surface area (Å²) in [6.07, 6.45) is -2.37. The maximum atomic E-state index is 13.6. The number of hydrogen-bond donors (Lipinski definition) is 3. The first-order chi connectivity index (χ1) is 29.9. The third-order valence-corrected chi connectivity index (χ3v) is 11.2. The number of aryl methyl sites for hydroxylation is 4. The summed E-state index contributed by atoms with van der Waals surface area (Å²) in [5.41, 5.74) is -0.281. The Morgan fingerprint density at radius 2 is 1.22 bits per heavy atom. The van der Waals surface area contributed by atoms with E-state index >= 15 is 0 Å². The van der Waals surface area contributed by atoms with Crippen molar-refractivity contribution in [3.63, 3.8) is 0 Å². The molecule has 330 valence electrons. The molecule has 19 heteroatoms. The zero-order chi connectivity index (χ0) is 45.7. The van der Waals surface area contributed by atoms with Gasteiger partial charge in [0.25, 0.3) is 0 Å². The van der Waals surface area contributed by atoms with Crippen LogP contribution in [0.3, 0.4) is 0 Å². The fraction of sp³-hybridized carbons (Fsp3) is 0.273. The minimum Gasteiger partial charge on any atom is -0.501 e. The summed E-state index contributed by atoms with van der Waals surface area (Å²) >= 11 is 0. The van der Waals surface area contributed by atoms with E-state index in [1.54, 1.807) is 38.1 Å². The molecule has 0 spiro atoms. The number of Topliss-reactive ketones (excluding diaryl/α,β-unsaturated/α-hetero) is 2. The standard InChI is InChI=1S/C25H23FN2O7S.C19H19FN2O5/c1-15-12-17(8-10-19(15)26)9-11-20(29)22-23(35-36(32,33)18-6-4-3-5-7-18)25(31)28-16(2)13-34-14-21(30)24(28)27-22;1-10-7-12(3-5-13(10)20)4-6-14(23)16-17(25)19(26)22-11(2)8-27-9-15(24)18(22)21-16/h3-8,10,12,21,30H,2,9,11,13-14H2,1H3;3,5,7,15,24-25H,2,4,6,8-9H2,1H3. The second kappa shape index (κ2) is 19.3. The first-order valence-electron chi connectivity index (χ1n) is 19.3. The SMILES string of the molecule is C=C1COCC(O)c2nc(C(=O)CCc3ccc(F)c(C)c3)c(O)c(=O)n21.C=C1COCC(O)c2nc(C(=O)CCc3ccc(F)c(C)c3)c(OS(=O)(=O)c3ccccc3)c(=O)n21. The summed E-state index contributed by atoms with van der Waals surface area (Å²) in [7, 11) is -4.51. The van der Waals surface area contributed by atoms with Gasteiger partial charge >= 0.3 is 21.2 Å². The van der Waals surface area contributed by atoms with E-state index in [0.29, 0.717) is 16.7 Å². The summed E-state index contributed by atoms with van der Waals surface area (Å²) in [6.45, 7) is 10.2. The molecule has 16 nitrogen and oxygen atoms in total. The van der Waals surface area contributed by atoms with Crippen molar-refractivity contribution in [2.75, 3.05) is 26.4 Å². The van der Waals surface area contributed by atoms with Crippen LogP contribution in [0.1, 0.15) is 79.9 Å². The highest BCUT2D eigenvalue weighted by molar-refractivity contribution is 7.87. The molecule has 2 unspecified atom stereocenters. The molecule has 0 fully saturated rings. The third kappa shape index (κ3) is 10.2. The average molecular weight is 889 g/mol. The van der Waals surface area contributed by atoms with Gasteiger partial charge in [-0.25, -0.2) is 18.7 Å². The van der Waals surface area contributed by atoms with Crippen molar-refractivity contribution in [3.05, 3.63) is 158 Å². The molecule has 7 rings (SSSR count). The number of hydrogen-bond acceptors (Lipinski definition) is 14. The summed E-state index contributed by atoms with van der Waals surface area (Å²) in [5, 5.41) is 30.8. The first kappa shape index (κ1) is 46.0. The van der Waals surface area contributed by atoms with Crippen molar-refractivity contribution in [1.82, 2.24) is 19.1 Å². The topological polar surface area (TPSA) is 226 Å². The van der Waals surface area contributed by atoms with Crippen molar-refractivity contribution in [2.45, 2.75) is 56.6 Å². The number of carbonyl (C=O) groups is 2. The van der Waals surface area contributed by atoms with E-state index in [-0.39, 0.29) is 91.7 Å². The Balaban J connectivity index is 0.000000219. The molecular weight excluding hydrogens is 847 g/mol. The lowest BCUT2D eigenvalue weighted by Crippen LogP contribution is -2.31. The molecule has 3 aromatic carbocycles. The maximum Gasteiger partial charge on any atom is 0.339 e. The lowest BCUT2D eigenvalue weighted by molar-refractivity contribution is 0.0518. The van der Waals surface area contributed by atoms with E-state index in [9.17, 15) is 51.7 Å². The highest BCUT2D eigenvalue weighted by Gasteiger charge is 2.32. The van der Waals surface area contributed by atoms with E-state index in [4.69, 9.17) is 13.7 Å². The lowest BCUT2D eigenvalue weighted by Gasteiger charge is -2.17. The highest BCUT2D eigenvalue weighted by atomic mass is 32.2.